The van der Waals surface area contributed by atoms with Gasteiger partial charge in [0.25, 0.3) is 0 Å². The third kappa shape index (κ3) is 3.70. The van der Waals surface area contributed by atoms with Gasteiger partial charge in [0.1, 0.15) is 16.6 Å². The molecular formula is C16H19ClN4S. The van der Waals surface area contributed by atoms with Crippen molar-refractivity contribution in [1.29, 1.82) is 5.26 Å². The third-order valence-corrected chi connectivity index (χ3v) is 4.41. The van der Waals surface area contributed by atoms with Crippen LogP contribution in [-0.4, -0.2) is 36.1 Å². The first-order valence-electron chi connectivity index (χ1n) is 7.19. The Bertz CT molecular complexity index is 635. The van der Waals surface area contributed by atoms with Gasteiger partial charge in [-0.25, -0.2) is 0 Å². The van der Waals surface area contributed by atoms with Gasteiger partial charge in [-0.15, -0.1) is 0 Å². The lowest BCUT2D eigenvalue weighted by molar-refractivity contribution is 0.369. The molecular weight excluding hydrogens is 316 g/mol. The summed E-state index contributed by atoms with van der Waals surface area (Å²) >= 11 is 11.2. The first kappa shape index (κ1) is 16.6. The molecule has 0 radical (unpaired) electrons. The standard InChI is InChI=1S/C16H19ClN4S/c1-12(13(11-18)16(19)22)20-7-4-8-21(10-9-20)15-6-3-2-5-14(15)17/h2-3,5-6H,4,7-10H2,1H3,(H2,19,22)/b13-12-. The highest BCUT2D eigenvalue weighted by Crippen LogP contribution is 2.26. The molecule has 1 saturated heterocycles. The quantitative estimate of drug-likeness (QED) is 0.523. The van der Waals surface area contributed by atoms with Crippen molar-refractivity contribution in [3.05, 3.63) is 40.6 Å². The monoisotopic (exact) mass is 334 g/mol. The summed E-state index contributed by atoms with van der Waals surface area (Å²) in [5.74, 6) is 0. The first-order chi connectivity index (χ1) is 10.5. The summed E-state index contributed by atoms with van der Waals surface area (Å²) < 4.78 is 0. The van der Waals surface area contributed by atoms with E-state index in [9.17, 15) is 5.26 Å². The van der Waals surface area contributed by atoms with E-state index in [1.54, 1.807) is 0 Å². The van der Waals surface area contributed by atoms with Crippen LogP contribution in [0.4, 0.5) is 5.69 Å². The van der Waals surface area contributed by atoms with Gasteiger partial charge in [-0.2, -0.15) is 5.26 Å². The Labute approximate surface area is 141 Å². The zero-order chi connectivity index (χ0) is 16.1. The van der Waals surface area contributed by atoms with Crippen LogP contribution in [0.5, 0.6) is 0 Å². The maximum absolute atomic E-state index is 9.20. The van der Waals surface area contributed by atoms with Crippen LogP contribution in [0.3, 0.4) is 0 Å². The van der Waals surface area contributed by atoms with Crippen LogP contribution in [0.25, 0.3) is 0 Å². The summed E-state index contributed by atoms with van der Waals surface area (Å²) in [6, 6.07) is 9.98. The van der Waals surface area contributed by atoms with E-state index in [4.69, 9.17) is 29.6 Å². The van der Waals surface area contributed by atoms with E-state index in [0.717, 1.165) is 49.0 Å². The Balaban J connectivity index is 2.16. The number of benzene rings is 1. The molecule has 0 aliphatic carbocycles. The summed E-state index contributed by atoms with van der Waals surface area (Å²) in [5, 5.41) is 9.97. The maximum atomic E-state index is 9.20. The number of nitriles is 1. The van der Waals surface area contributed by atoms with E-state index in [0.29, 0.717) is 5.57 Å². The number of para-hydroxylation sites is 1. The molecule has 1 aliphatic heterocycles. The van der Waals surface area contributed by atoms with Crippen LogP contribution >= 0.6 is 23.8 Å². The topological polar surface area (TPSA) is 56.3 Å². The third-order valence-electron chi connectivity index (χ3n) is 3.88. The van der Waals surface area contributed by atoms with Crippen molar-refractivity contribution in [2.75, 3.05) is 31.1 Å². The minimum atomic E-state index is 0.159. The van der Waals surface area contributed by atoms with Gasteiger partial charge in [0, 0.05) is 31.9 Å². The predicted octanol–water partition coefficient (Wildman–Crippen LogP) is 2.94. The Morgan fingerprint density at radius 3 is 2.64 bits per heavy atom. The second-order valence-electron chi connectivity index (χ2n) is 5.22. The Morgan fingerprint density at radius 2 is 2.00 bits per heavy atom. The first-order valence-corrected chi connectivity index (χ1v) is 7.98. The number of rotatable bonds is 3. The molecule has 1 aliphatic rings. The SMILES string of the molecule is C/C(=C(\C#N)C(N)=S)N1CCCN(c2ccccc2Cl)CC1. The molecule has 0 amide bonds. The van der Waals surface area contributed by atoms with E-state index in [2.05, 4.69) is 15.9 Å². The molecule has 1 aromatic rings. The molecule has 0 unspecified atom stereocenters. The van der Waals surface area contributed by atoms with Crippen LogP contribution in [0.1, 0.15) is 13.3 Å². The molecule has 1 heterocycles. The smallest absolute Gasteiger partial charge is 0.116 e. The average molecular weight is 335 g/mol. The number of nitrogens with two attached hydrogens (primary N) is 1. The average Bonchev–Trinajstić information content (AvgIpc) is 2.74. The van der Waals surface area contributed by atoms with E-state index < -0.39 is 0 Å². The van der Waals surface area contributed by atoms with Crippen molar-refractivity contribution in [2.24, 2.45) is 5.73 Å². The van der Waals surface area contributed by atoms with Gasteiger partial charge in [0.05, 0.1) is 10.7 Å². The molecule has 2 rings (SSSR count). The van der Waals surface area contributed by atoms with Gasteiger partial charge in [-0.1, -0.05) is 36.0 Å². The Morgan fingerprint density at radius 1 is 1.27 bits per heavy atom. The molecule has 0 bridgehead atoms. The lowest BCUT2D eigenvalue weighted by Crippen LogP contribution is -2.31. The fraction of sp³-hybridized carbons (Fsp3) is 0.375. The number of anilines is 1. The van der Waals surface area contributed by atoms with Gasteiger partial charge in [0.15, 0.2) is 0 Å². The van der Waals surface area contributed by atoms with E-state index in [-0.39, 0.29) is 4.99 Å². The zero-order valence-electron chi connectivity index (χ0n) is 12.6. The molecule has 1 aromatic carbocycles. The van der Waals surface area contributed by atoms with Crippen molar-refractivity contribution in [3.63, 3.8) is 0 Å². The number of halogens is 1. The van der Waals surface area contributed by atoms with Crippen LogP contribution in [0.15, 0.2) is 35.5 Å². The number of thiocarbonyl (C=S) groups is 1. The van der Waals surface area contributed by atoms with Gasteiger partial charge in [0.2, 0.25) is 0 Å². The van der Waals surface area contributed by atoms with Crippen molar-refractivity contribution in [2.45, 2.75) is 13.3 Å². The van der Waals surface area contributed by atoms with Gasteiger partial charge >= 0.3 is 0 Å². The van der Waals surface area contributed by atoms with E-state index in [1.165, 1.54) is 0 Å². The zero-order valence-corrected chi connectivity index (χ0v) is 14.1. The summed E-state index contributed by atoms with van der Waals surface area (Å²) in [5.41, 5.74) is 7.95. The lowest BCUT2D eigenvalue weighted by atomic mass is 10.2. The molecule has 1 fully saturated rings. The highest BCUT2D eigenvalue weighted by Gasteiger charge is 2.19. The summed E-state index contributed by atoms with van der Waals surface area (Å²) in [7, 11) is 0. The molecule has 22 heavy (non-hydrogen) atoms. The van der Waals surface area contributed by atoms with Crippen LogP contribution < -0.4 is 10.6 Å². The minimum Gasteiger partial charge on any atom is -0.389 e. The molecule has 0 saturated carbocycles. The van der Waals surface area contributed by atoms with Crippen molar-refractivity contribution >= 4 is 34.5 Å². The lowest BCUT2D eigenvalue weighted by Gasteiger charge is -2.26. The van der Waals surface area contributed by atoms with Crippen LogP contribution in [0.2, 0.25) is 5.02 Å². The highest BCUT2D eigenvalue weighted by molar-refractivity contribution is 7.80. The molecule has 0 atom stereocenters. The molecule has 4 nitrogen and oxygen atoms in total. The van der Waals surface area contributed by atoms with Crippen LogP contribution in [-0.2, 0) is 0 Å². The van der Waals surface area contributed by atoms with Gasteiger partial charge in [-0.3, -0.25) is 0 Å². The maximum Gasteiger partial charge on any atom is 0.116 e. The summed E-state index contributed by atoms with van der Waals surface area (Å²) in [6.07, 6.45) is 0.985. The normalized spacial score (nSPS) is 16.6. The second kappa shape index (κ2) is 7.48. The predicted molar refractivity (Wildman–Crippen MR) is 95.0 cm³/mol. The number of hydrogen-bond donors (Lipinski definition) is 1. The summed E-state index contributed by atoms with van der Waals surface area (Å²) in [4.78, 5) is 4.61. The van der Waals surface area contributed by atoms with Crippen molar-refractivity contribution in [3.8, 4) is 6.07 Å². The van der Waals surface area contributed by atoms with Gasteiger partial charge in [-0.05, 0) is 25.5 Å². The van der Waals surface area contributed by atoms with E-state index >= 15 is 0 Å². The van der Waals surface area contributed by atoms with E-state index in [1.807, 2.05) is 31.2 Å². The second-order valence-corrected chi connectivity index (χ2v) is 6.06. The van der Waals surface area contributed by atoms with Crippen molar-refractivity contribution in [1.82, 2.24) is 4.90 Å². The van der Waals surface area contributed by atoms with Crippen LogP contribution in [0, 0.1) is 11.3 Å². The molecule has 2 N–H and O–H groups in total. The number of allylic oxidation sites excluding steroid dienone is 1. The Kier molecular flexibility index (Phi) is 5.64. The van der Waals surface area contributed by atoms with Gasteiger partial charge < -0.3 is 15.5 Å². The number of hydrogen-bond acceptors (Lipinski definition) is 4. The fourth-order valence-electron chi connectivity index (χ4n) is 2.67. The largest absolute Gasteiger partial charge is 0.389 e. The summed E-state index contributed by atoms with van der Waals surface area (Å²) in [6.45, 7) is 5.37. The molecule has 0 spiro atoms. The Hall–Kier alpha value is -1.77. The fourth-order valence-corrected chi connectivity index (χ4v) is 3.12. The molecule has 0 aromatic heterocycles. The molecule has 6 heteroatoms. The van der Waals surface area contributed by atoms with Crippen molar-refractivity contribution < 1.29 is 0 Å². The highest BCUT2D eigenvalue weighted by atomic mass is 35.5. The number of nitrogens with zero attached hydrogens (tertiary/aromatic N) is 3. The molecule has 116 valence electrons. The minimum absolute atomic E-state index is 0.159.